The van der Waals surface area contributed by atoms with Crippen molar-refractivity contribution in [1.29, 1.82) is 0 Å². The van der Waals surface area contributed by atoms with E-state index < -0.39 is 0 Å². The molecule has 0 spiro atoms. The molecule has 6 heteroatoms. The van der Waals surface area contributed by atoms with Crippen LogP contribution < -0.4 is 0 Å². The number of benzene rings is 8. The first kappa shape index (κ1) is 62.1. The summed E-state index contributed by atoms with van der Waals surface area (Å²) in [4.78, 5) is 39.3. The van der Waals surface area contributed by atoms with Crippen LogP contribution in [0.5, 0.6) is 0 Å². The SMILES string of the molecule is CCCCCC1CCC(c2ccc(-c3ccc(Sc4ccc(Sc5ccc(-c6ccc(C7CCC(CCCCC)CC7)cc6)cc5)c5c4C(=O)c4c(Sc6ccc(C(C)(C)C)cc6)ccc(Sc6ccc(C(C)(C)C)cc6)c4C5=O)cc3)cc2)CC1. The Morgan fingerprint density at radius 3 is 0.837 bits per heavy atom. The van der Waals surface area contributed by atoms with Crippen LogP contribution in [0.2, 0.25) is 0 Å². The van der Waals surface area contributed by atoms with Gasteiger partial charge in [-0.1, -0.05) is 251 Å². The van der Waals surface area contributed by atoms with Crippen LogP contribution >= 0.6 is 47.0 Å². The topological polar surface area (TPSA) is 34.1 Å². The normalized spacial score (nSPS) is 18.0. The van der Waals surface area contributed by atoms with Gasteiger partial charge >= 0.3 is 0 Å². The standard InChI is InChI=1S/C80H88O2S4/c1-9-11-13-15-53-17-21-55(22-18-53)57-25-29-59(30-26-57)61-33-41-65(42-34-61)83-69-49-50-70(84-66-43-35-62(36-44-66)60-31-27-58(28-32-60)56-23-19-54(20-24-56)16-14-12-10-2)74-73(69)77(81)75-71(85-67-45-37-63(38-46-67)79(3,4)5)51-52-72(76(75)78(74)82)86-68-47-39-64(40-48-68)80(6,7)8/h25-56H,9-24H2,1-8H3. The zero-order valence-corrected chi connectivity index (χ0v) is 55.5. The van der Waals surface area contributed by atoms with Gasteiger partial charge in [0.05, 0.1) is 0 Å². The molecule has 0 saturated heterocycles. The Morgan fingerprint density at radius 2 is 0.581 bits per heavy atom. The third kappa shape index (κ3) is 14.8. The molecule has 8 aromatic rings. The van der Waals surface area contributed by atoms with Gasteiger partial charge in [0.2, 0.25) is 0 Å². The van der Waals surface area contributed by atoms with Gasteiger partial charge in [0.1, 0.15) is 0 Å². The maximum absolute atomic E-state index is 16.1. The second-order valence-corrected chi connectivity index (χ2v) is 31.4. The Balaban J connectivity index is 0.904. The van der Waals surface area contributed by atoms with Crippen molar-refractivity contribution in [3.05, 3.63) is 214 Å². The van der Waals surface area contributed by atoms with Gasteiger partial charge in [0.15, 0.2) is 11.6 Å². The zero-order valence-electron chi connectivity index (χ0n) is 52.2. The quantitative estimate of drug-likeness (QED) is 0.0708. The minimum absolute atomic E-state index is 0.000609. The lowest BCUT2D eigenvalue weighted by atomic mass is 9.77. The van der Waals surface area contributed by atoms with E-state index in [2.05, 4.69) is 225 Å². The number of rotatable bonds is 20. The summed E-state index contributed by atoms with van der Waals surface area (Å²) in [5.41, 5.74) is 12.1. The maximum atomic E-state index is 16.1. The van der Waals surface area contributed by atoms with Gasteiger partial charge in [-0.25, -0.2) is 0 Å². The summed E-state index contributed by atoms with van der Waals surface area (Å²) in [6.07, 6.45) is 21.5. The van der Waals surface area contributed by atoms with Crippen molar-refractivity contribution in [3.63, 3.8) is 0 Å². The molecule has 2 nitrogen and oxygen atoms in total. The van der Waals surface area contributed by atoms with Crippen LogP contribution in [0.25, 0.3) is 22.3 Å². The molecule has 8 aromatic carbocycles. The highest BCUT2D eigenvalue weighted by Gasteiger charge is 2.39. The third-order valence-corrected chi connectivity index (χ3v) is 23.1. The van der Waals surface area contributed by atoms with Crippen molar-refractivity contribution in [2.45, 2.75) is 220 Å². The molecule has 0 amide bonds. The van der Waals surface area contributed by atoms with Crippen molar-refractivity contribution in [3.8, 4) is 22.3 Å². The van der Waals surface area contributed by atoms with Crippen molar-refractivity contribution >= 4 is 58.6 Å². The Hall–Kier alpha value is -5.50. The number of ketones is 2. The fraction of sp³-hybridized carbons (Fsp3) is 0.375. The van der Waals surface area contributed by atoms with Crippen LogP contribution in [0.3, 0.4) is 0 Å². The molecule has 2 saturated carbocycles. The summed E-state index contributed by atoms with van der Waals surface area (Å²) in [5, 5.41) is 0. The van der Waals surface area contributed by atoms with Gasteiger partial charge in [-0.3, -0.25) is 9.59 Å². The molecule has 3 aliphatic rings. The highest BCUT2D eigenvalue weighted by Crippen LogP contribution is 2.49. The smallest absolute Gasteiger partial charge is 0.196 e. The number of hydrogen-bond donors (Lipinski definition) is 0. The maximum Gasteiger partial charge on any atom is 0.196 e. The van der Waals surface area contributed by atoms with Gasteiger partial charge in [-0.05, 0) is 203 Å². The van der Waals surface area contributed by atoms with Crippen LogP contribution in [0.4, 0.5) is 0 Å². The summed E-state index contributed by atoms with van der Waals surface area (Å²) >= 11 is 6.27. The van der Waals surface area contributed by atoms with E-state index in [-0.39, 0.29) is 22.4 Å². The molecule has 3 aliphatic carbocycles. The van der Waals surface area contributed by atoms with Crippen LogP contribution in [-0.2, 0) is 10.8 Å². The molecular formula is C80H88O2S4. The summed E-state index contributed by atoms with van der Waals surface area (Å²) in [7, 11) is 0. The number of carbonyl (C=O) groups is 2. The second-order valence-electron chi connectivity index (χ2n) is 27.0. The average molecular weight is 1210 g/mol. The van der Waals surface area contributed by atoms with E-state index in [4.69, 9.17) is 0 Å². The van der Waals surface area contributed by atoms with E-state index in [0.29, 0.717) is 34.1 Å². The first-order chi connectivity index (χ1) is 41.6. The van der Waals surface area contributed by atoms with Gasteiger partial charge in [-0.2, -0.15) is 0 Å². The predicted molar refractivity (Wildman–Crippen MR) is 368 cm³/mol. The van der Waals surface area contributed by atoms with Gasteiger partial charge in [0.25, 0.3) is 0 Å². The molecule has 0 N–H and O–H groups in total. The molecule has 0 radical (unpaired) electrons. The number of fused-ring (bicyclic) bond motifs is 2. The summed E-state index contributed by atoms with van der Waals surface area (Å²) in [6, 6.07) is 61.8. The first-order valence-corrected chi connectivity index (χ1v) is 35.6. The third-order valence-electron chi connectivity index (χ3n) is 18.8. The molecular weight excluding hydrogens is 1120 g/mol. The molecule has 0 heterocycles. The van der Waals surface area contributed by atoms with Crippen LogP contribution in [0.1, 0.15) is 224 Å². The van der Waals surface area contributed by atoms with Gasteiger partial charge < -0.3 is 0 Å². The van der Waals surface area contributed by atoms with Crippen LogP contribution in [-0.4, -0.2) is 11.6 Å². The summed E-state index contributed by atoms with van der Waals surface area (Å²) < 4.78 is 0. The highest BCUT2D eigenvalue weighted by atomic mass is 32.2. The Morgan fingerprint density at radius 1 is 0.326 bits per heavy atom. The van der Waals surface area contributed by atoms with E-state index >= 15 is 9.59 Å². The molecule has 86 heavy (non-hydrogen) atoms. The molecule has 0 atom stereocenters. The van der Waals surface area contributed by atoms with Crippen molar-refractivity contribution < 1.29 is 9.59 Å². The molecule has 11 rings (SSSR count). The largest absolute Gasteiger partial charge is 0.288 e. The first-order valence-electron chi connectivity index (χ1n) is 32.4. The lowest BCUT2D eigenvalue weighted by Crippen LogP contribution is -2.24. The molecule has 0 bridgehead atoms. The average Bonchev–Trinajstić information content (AvgIpc) is 0.812. The van der Waals surface area contributed by atoms with E-state index in [1.807, 2.05) is 0 Å². The molecule has 2 fully saturated rings. The molecule has 0 unspecified atom stereocenters. The van der Waals surface area contributed by atoms with E-state index in [1.165, 1.54) is 147 Å². The number of carbonyl (C=O) groups excluding carboxylic acids is 2. The van der Waals surface area contributed by atoms with Crippen molar-refractivity contribution in [2.24, 2.45) is 11.8 Å². The lowest BCUT2D eigenvalue weighted by molar-refractivity contribution is 0.0970. The number of hydrogen-bond acceptors (Lipinski definition) is 6. The second kappa shape index (κ2) is 27.9. The van der Waals surface area contributed by atoms with E-state index in [1.54, 1.807) is 47.0 Å². The highest BCUT2D eigenvalue weighted by molar-refractivity contribution is 8.00. The van der Waals surface area contributed by atoms with E-state index in [9.17, 15) is 0 Å². The van der Waals surface area contributed by atoms with Crippen LogP contribution in [0, 0.1) is 11.8 Å². The van der Waals surface area contributed by atoms with Gasteiger partial charge in [0, 0.05) is 61.4 Å². The predicted octanol–water partition coefficient (Wildman–Crippen LogP) is 24.7. The minimum Gasteiger partial charge on any atom is -0.288 e. The Kier molecular flexibility index (Phi) is 20.2. The Labute approximate surface area is 532 Å². The Bertz CT molecular complexity index is 3350. The lowest BCUT2D eigenvalue weighted by Gasteiger charge is -2.29. The van der Waals surface area contributed by atoms with Crippen molar-refractivity contribution in [2.75, 3.05) is 0 Å². The monoisotopic (exact) mass is 1210 g/mol. The van der Waals surface area contributed by atoms with Crippen molar-refractivity contribution in [1.82, 2.24) is 0 Å². The molecule has 0 aliphatic heterocycles. The van der Waals surface area contributed by atoms with Gasteiger partial charge in [-0.15, -0.1) is 0 Å². The summed E-state index contributed by atoms with van der Waals surface area (Å²) in [5.74, 6) is 2.89. The van der Waals surface area contributed by atoms with E-state index in [0.717, 1.165) is 51.0 Å². The fourth-order valence-electron chi connectivity index (χ4n) is 13.4. The summed E-state index contributed by atoms with van der Waals surface area (Å²) in [6.45, 7) is 18.0. The fourth-order valence-corrected chi connectivity index (χ4v) is 17.3. The number of unbranched alkanes of at least 4 members (excludes halogenated alkanes) is 4. The molecule has 0 aromatic heterocycles. The minimum atomic E-state index is -0.112. The van der Waals surface area contributed by atoms with Crippen LogP contribution in [0.15, 0.2) is 209 Å². The molecule has 444 valence electrons. The zero-order chi connectivity index (χ0) is 60.0.